The summed E-state index contributed by atoms with van der Waals surface area (Å²) in [5, 5.41) is 0. The second-order valence-electron chi connectivity index (χ2n) is 1.72. The molecule has 0 bridgehead atoms. The molecule has 1 atom stereocenters. The van der Waals surface area contributed by atoms with Gasteiger partial charge in [0.05, 0.1) is 0 Å². The third-order valence-corrected chi connectivity index (χ3v) is 1.97. The Bertz CT molecular complexity index is 202. The van der Waals surface area contributed by atoms with Crippen LogP contribution >= 0.6 is 11.6 Å². The minimum atomic E-state index is 0.583. The number of aromatic nitrogens is 1. The molecule has 0 saturated carbocycles. The molecule has 1 aromatic heterocycles. The van der Waals surface area contributed by atoms with E-state index in [1.165, 1.54) is 16.9 Å². The molecular weight excluding hydrogens is 196 g/mol. The Labute approximate surface area is 67.9 Å². The molecule has 1 rings (SSSR count). The van der Waals surface area contributed by atoms with Gasteiger partial charge in [0.2, 0.25) is 0 Å². The van der Waals surface area contributed by atoms with Crippen LogP contribution in [0.2, 0.25) is 0 Å². The standard InChI is InChI=1S/C6H7AsClN/c7-6-3-5(4-8)1-2-9-6/h1-3H,4,7H2. The molecule has 9 heavy (non-hydrogen) atoms. The SMILES string of the molecule is ClCc1ccnc([AsH2])c1. The van der Waals surface area contributed by atoms with Crippen LogP contribution in [0.3, 0.4) is 0 Å². The summed E-state index contributed by atoms with van der Waals surface area (Å²) in [6.45, 7) is 0. The third-order valence-electron chi connectivity index (χ3n) is 1.000. The topological polar surface area (TPSA) is 12.9 Å². The van der Waals surface area contributed by atoms with Crippen LogP contribution in [0.15, 0.2) is 18.3 Å². The fourth-order valence-corrected chi connectivity index (χ4v) is 1.37. The van der Waals surface area contributed by atoms with Gasteiger partial charge in [-0.15, -0.1) is 0 Å². The monoisotopic (exact) mass is 203 g/mol. The molecule has 1 unspecified atom stereocenters. The van der Waals surface area contributed by atoms with Gasteiger partial charge in [-0.05, 0) is 0 Å². The van der Waals surface area contributed by atoms with Crippen LogP contribution in [-0.2, 0) is 5.88 Å². The molecule has 0 N–H and O–H groups in total. The van der Waals surface area contributed by atoms with Crippen molar-refractivity contribution in [2.45, 2.75) is 5.88 Å². The molecule has 0 spiro atoms. The molecule has 0 saturated heterocycles. The van der Waals surface area contributed by atoms with Crippen molar-refractivity contribution in [2.24, 2.45) is 0 Å². The molecule has 1 nitrogen and oxygen atoms in total. The van der Waals surface area contributed by atoms with Crippen molar-refractivity contribution in [2.75, 3.05) is 0 Å². The number of halogens is 1. The second kappa shape index (κ2) is 3.24. The first-order valence-corrected chi connectivity index (χ1v) is 4.34. The van der Waals surface area contributed by atoms with Gasteiger partial charge in [-0.1, -0.05) is 0 Å². The zero-order chi connectivity index (χ0) is 6.69. The van der Waals surface area contributed by atoms with Crippen molar-refractivity contribution < 1.29 is 0 Å². The minimum absolute atomic E-state index is 0.583. The first kappa shape index (κ1) is 7.11. The zero-order valence-corrected chi connectivity index (χ0v) is 8.02. The molecule has 0 aliphatic carbocycles. The van der Waals surface area contributed by atoms with Crippen LogP contribution in [0.1, 0.15) is 5.56 Å². The fourth-order valence-electron chi connectivity index (χ4n) is 0.578. The Kier molecular flexibility index (Phi) is 2.56. The predicted molar refractivity (Wildman–Crippen MR) is 42.0 cm³/mol. The summed E-state index contributed by atoms with van der Waals surface area (Å²) in [5.74, 6) is 0.583. The Morgan fingerprint density at radius 3 is 2.89 bits per heavy atom. The van der Waals surface area contributed by atoms with E-state index in [2.05, 4.69) is 4.98 Å². The molecule has 1 heterocycles. The molecule has 0 amide bonds. The summed E-state index contributed by atoms with van der Waals surface area (Å²) in [7, 11) is 0. The molecule has 3 heteroatoms. The Balaban J connectivity index is 2.94. The first-order valence-electron chi connectivity index (χ1n) is 2.59. The van der Waals surface area contributed by atoms with Crippen molar-refractivity contribution in [1.82, 2.24) is 4.98 Å². The maximum atomic E-state index is 5.58. The van der Waals surface area contributed by atoms with Gasteiger partial charge in [0.25, 0.3) is 0 Å². The van der Waals surface area contributed by atoms with Crippen molar-refractivity contribution >= 4 is 32.9 Å². The normalized spacial score (nSPS) is 9.56. The van der Waals surface area contributed by atoms with E-state index in [0.29, 0.717) is 5.88 Å². The zero-order valence-electron chi connectivity index (χ0n) is 4.84. The van der Waals surface area contributed by atoms with Crippen LogP contribution in [0, 0.1) is 0 Å². The summed E-state index contributed by atoms with van der Waals surface area (Å²) in [5.41, 5.74) is 1.14. The Hall–Kier alpha value is -0.00156. The average molecular weight is 204 g/mol. The van der Waals surface area contributed by atoms with E-state index < -0.39 is 0 Å². The molecule has 0 radical (unpaired) electrons. The van der Waals surface area contributed by atoms with Gasteiger partial charge in [0.15, 0.2) is 0 Å². The number of hydrogen-bond donors (Lipinski definition) is 0. The number of hydrogen-bond acceptors (Lipinski definition) is 1. The number of nitrogens with zero attached hydrogens (tertiary/aromatic N) is 1. The van der Waals surface area contributed by atoms with Crippen LogP contribution < -0.4 is 4.48 Å². The molecule has 0 aliphatic rings. The van der Waals surface area contributed by atoms with Crippen molar-refractivity contribution in [1.29, 1.82) is 0 Å². The van der Waals surface area contributed by atoms with E-state index in [1.807, 2.05) is 12.1 Å². The van der Waals surface area contributed by atoms with Crippen LogP contribution in [0.25, 0.3) is 0 Å². The van der Waals surface area contributed by atoms with E-state index in [9.17, 15) is 0 Å². The molecule has 0 fully saturated rings. The first-order chi connectivity index (χ1) is 4.33. The van der Waals surface area contributed by atoms with Crippen molar-refractivity contribution in [3.8, 4) is 0 Å². The average Bonchev–Trinajstić information content (AvgIpc) is 1.88. The van der Waals surface area contributed by atoms with E-state index in [1.54, 1.807) is 6.20 Å². The van der Waals surface area contributed by atoms with Crippen molar-refractivity contribution in [3.63, 3.8) is 0 Å². The summed E-state index contributed by atoms with van der Waals surface area (Å²) < 4.78 is 1.08. The van der Waals surface area contributed by atoms with E-state index >= 15 is 0 Å². The van der Waals surface area contributed by atoms with Crippen LogP contribution in [0.5, 0.6) is 0 Å². The fraction of sp³-hybridized carbons (Fsp3) is 0.167. The van der Waals surface area contributed by atoms with E-state index in [4.69, 9.17) is 11.6 Å². The Morgan fingerprint density at radius 1 is 1.67 bits per heavy atom. The number of pyridine rings is 1. The van der Waals surface area contributed by atoms with Gasteiger partial charge in [0.1, 0.15) is 0 Å². The third kappa shape index (κ3) is 2.00. The summed E-state index contributed by atoms with van der Waals surface area (Å²) >= 11 is 7.11. The number of alkyl halides is 1. The van der Waals surface area contributed by atoms with Crippen molar-refractivity contribution in [3.05, 3.63) is 23.9 Å². The summed E-state index contributed by atoms with van der Waals surface area (Å²) in [6, 6.07) is 3.93. The van der Waals surface area contributed by atoms with E-state index in [0.717, 1.165) is 10.0 Å². The maximum absolute atomic E-state index is 5.58. The van der Waals surface area contributed by atoms with Gasteiger partial charge in [-0.25, -0.2) is 0 Å². The van der Waals surface area contributed by atoms with Gasteiger partial charge in [-0.3, -0.25) is 0 Å². The Morgan fingerprint density at radius 2 is 2.44 bits per heavy atom. The van der Waals surface area contributed by atoms with Crippen LogP contribution in [-0.4, -0.2) is 21.8 Å². The second-order valence-corrected chi connectivity index (χ2v) is 3.23. The molecule has 1 aromatic rings. The molecular formula is C6H7AsClN. The van der Waals surface area contributed by atoms with E-state index in [-0.39, 0.29) is 0 Å². The quantitative estimate of drug-likeness (QED) is 0.465. The molecule has 0 aromatic carbocycles. The van der Waals surface area contributed by atoms with Gasteiger partial charge in [0, 0.05) is 0 Å². The number of rotatable bonds is 1. The summed E-state index contributed by atoms with van der Waals surface area (Å²) in [4.78, 5) is 4.06. The molecule has 0 aliphatic heterocycles. The molecule has 48 valence electrons. The van der Waals surface area contributed by atoms with Gasteiger partial charge < -0.3 is 0 Å². The predicted octanol–water partition coefficient (Wildman–Crippen LogP) is 0.0788. The van der Waals surface area contributed by atoms with Gasteiger partial charge in [-0.2, -0.15) is 0 Å². The van der Waals surface area contributed by atoms with Crippen LogP contribution in [0.4, 0.5) is 0 Å². The summed E-state index contributed by atoms with van der Waals surface area (Å²) in [6.07, 6.45) is 1.79. The van der Waals surface area contributed by atoms with Gasteiger partial charge >= 0.3 is 67.7 Å².